The van der Waals surface area contributed by atoms with Crippen molar-refractivity contribution in [2.24, 2.45) is 4.99 Å². The fraction of sp³-hybridized carbons (Fsp3) is 0.200. The van der Waals surface area contributed by atoms with Crippen LogP contribution in [0, 0.1) is 0 Å². The van der Waals surface area contributed by atoms with Gasteiger partial charge in [0.1, 0.15) is 6.04 Å². The summed E-state index contributed by atoms with van der Waals surface area (Å²) < 4.78 is 2.03. The molecule has 0 bridgehead atoms. The van der Waals surface area contributed by atoms with Crippen molar-refractivity contribution in [3.05, 3.63) is 30.5 Å². The Kier molecular flexibility index (Phi) is 2.25. The van der Waals surface area contributed by atoms with Gasteiger partial charge < -0.3 is 0 Å². The number of fused-ring (bicyclic) bond motifs is 1. The number of nitrogens with zero attached hydrogens (tertiary/aromatic N) is 3. The molecule has 0 amide bonds. The van der Waals surface area contributed by atoms with Gasteiger partial charge in [0.2, 0.25) is 0 Å². The maximum Gasteiger partial charge on any atom is 0.107 e. The number of benzene rings is 1. The summed E-state index contributed by atoms with van der Waals surface area (Å²) in [6.45, 7) is 0.867. The monoisotopic (exact) mass is 207 g/mol. The Bertz CT molecular complexity index is 475. The van der Waals surface area contributed by atoms with E-state index in [0.717, 1.165) is 6.54 Å². The average Bonchev–Trinajstić information content (AvgIpc) is 2.47. The molecule has 2 heterocycles. The average molecular weight is 208 g/mol. The lowest BCUT2D eigenvalue weighted by molar-refractivity contribution is 0.569. The van der Waals surface area contributed by atoms with Crippen molar-refractivity contribution in [2.75, 3.05) is 6.54 Å². The molecule has 0 saturated heterocycles. The van der Waals surface area contributed by atoms with Gasteiger partial charge in [0.25, 0.3) is 0 Å². The lowest BCUT2D eigenvalue weighted by Crippen LogP contribution is -2.21. The van der Waals surface area contributed by atoms with Gasteiger partial charge >= 0.3 is 0 Å². The molecule has 1 aliphatic rings. The first kappa shape index (κ1) is 9.21. The third-order valence-electron chi connectivity index (χ3n) is 2.39. The summed E-state index contributed by atoms with van der Waals surface area (Å²) in [5, 5.41) is 5.54. The molecule has 14 heavy (non-hydrogen) atoms. The summed E-state index contributed by atoms with van der Waals surface area (Å²) >= 11 is 0. The molecule has 1 aliphatic heterocycles. The number of halogens is 1. The Balaban J connectivity index is 0.000000750. The predicted octanol–water partition coefficient (Wildman–Crippen LogP) is 2.08. The highest BCUT2D eigenvalue weighted by Gasteiger charge is 2.16. The first-order chi connectivity index (χ1) is 6.45. The molecule has 2 aromatic rings. The quantitative estimate of drug-likeness (QED) is 0.704. The van der Waals surface area contributed by atoms with Gasteiger partial charge in [-0.2, -0.15) is 5.10 Å². The molecule has 1 atom stereocenters. The van der Waals surface area contributed by atoms with Crippen LogP contribution in [0.1, 0.15) is 6.04 Å². The molecule has 4 heteroatoms. The van der Waals surface area contributed by atoms with Crippen molar-refractivity contribution in [1.29, 1.82) is 0 Å². The molecule has 0 aliphatic carbocycles. The number of aromatic nitrogens is 2. The van der Waals surface area contributed by atoms with Crippen LogP contribution in [0.3, 0.4) is 0 Å². The van der Waals surface area contributed by atoms with E-state index in [0.29, 0.717) is 6.04 Å². The summed E-state index contributed by atoms with van der Waals surface area (Å²) in [5.41, 5.74) is 1.19. The SMILES string of the molecule is C1=NCC1n1ncc2ccccc21.Cl. The Morgan fingerprint density at radius 3 is 2.79 bits per heavy atom. The second-order valence-corrected chi connectivity index (χ2v) is 3.23. The fourth-order valence-corrected chi connectivity index (χ4v) is 1.60. The van der Waals surface area contributed by atoms with Crippen LogP contribution in [0.2, 0.25) is 0 Å². The number of aliphatic imine (C=N–C) groups is 1. The molecule has 0 N–H and O–H groups in total. The van der Waals surface area contributed by atoms with E-state index < -0.39 is 0 Å². The molecule has 3 nitrogen and oxygen atoms in total. The molecular weight excluding hydrogens is 198 g/mol. The van der Waals surface area contributed by atoms with Crippen LogP contribution < -0.4 is 0 Å². The van der Waals surface area contributed by atoms with Crippen molar-refractivity contribution in [3.8, 4) is 0 Å². The molecule has 1 aromatic heterocycles. The molecule has 72 valence electrons. The van der Waals surface area contributed by atoms with E-state index in [1.807, 2.05) is 29.2 Å². The zero-order chi connectivity index (χ0) is 8.67. The lowest BCUT2D eigenvalue weighted by Gasteiger charge is -2.17. The van der Waals surface area contributed by atoms with Crippen molar-refractivity contribution in [3.63, 3.8) is 0 Å². The molecule has 0 saturated carbocycles. The highest BCUT2D eigenvalue weighted by atomic mass is 35.5. The number of hydrogen-bond donors (Lipinski definition) is 0. The summed E-state index contributed by atoms with van der Waals surface area (Å²) in [4.78, 5) is 4.08. The van der Waals surface area contributed by atoms with E-state index in [2.05, 4.69) is 22.2 Å². The van der Waals surface area contributed by atoms with Crippen LogP contribution in [0.25, 0.3) is 10.9 Å². The standard InChI is InChI=1S/C10H9N3.ClH/c1-2-4-10-8(3-1)5-12-13(10)9-6-11-7-9;/h1-6,9H,7H2;1H. The van der Waals surface area contributed by atoms with Crippen LogP contribution in [0.5, 0.6) is 0 Å². The highest BCUT2D eigenvalue weighted by Crippen LogP contribution is 2.19. The van der Waals surface area contributed by atoms with Crippen molar-refractivity contribution < 1.29 is 0 Å². The summed E-state index contributed by atoms with van der Waals surface area (Å²) in [6.07, 6.45) is 3.85. The van der Waals surface area contributed by atoms with Crippen LogP contribution in [-0.2, 0) is 0 Å². The van der Waals surface area contributed by atoms with Crippen LogP contribution in [0.4, 0.5) is 0 Å². The summed E-state index contributed by atoms with van der Waals surface area (Å²) in [6, 6.07) is 8.61. The van der Waals surface area contributed by atoms with E-state index in [1.54, 1.807) is 0 Å². The van der Waals surface area contributed by atoms with Crippen molar-refractivity contribution in [1.82, 2.24) is 9.78 Å². The minimum absolute atomic E-state index is 0. The van der Waals surface area contributed by atoms with Gasteiger partial charge in [-0.05, 0) is 6.07 Å². The van der Waals surface area contributed by atoms with E-state index in [1.165, 1.54) is 10.9 Å². The highest BCUT2D eigenvalue weighted by molar-refractivity contribution is 5.85. The van der Waals surface area contributed by atoms with E-state index in [9.17, 15) is 0 Å². The third kappa shape index (κ3) is 1.21. The molecule has 0 spiro atoms. The van der Waals surface area contributed by atoms with Gasteiger partial charge in [-0.3, -0.25) is 9.67 Å². The predicted molar refractivity (Wildman–Crippen MR) is 59.4 cm³/mol. The molecule has 1 unspecified atom stereocenters. The number of para-hydroxylation sites is 1. The second-order valence-electron chi connectivity index (χ2n) is 3.23. The van der Waals surface area contributed by atoms with Gasteiger partial charge in [-0.25, -0.2) is 0 Å². The topological polar surface area (TPSA) is 30.2 Å². The first-order valence-corrected chi connectivity index (χ1v) is 4.37. The van der Waals surface area contributed by atoms with E-state index in [4.69, 9.17) is 0 Å². The Morgan fingerprint density at radius 2 is 2.07 bits per heavy atom. The Hall–Kier alpha value is -1.35. The summed E-state index contributed by atoms with van der Waals surface area (Å²) in [5.74, 6) is 0. The second kappa shape index (κ2) is 3.42. The van der Waals surface area contributed by atoms with Gasteiger partial charge in [0.15, 0.2) is 0 Å². The van der Waals surface area contributed by atoms with Crippen LogP contribution in [-0.4, -0.2) is 22.5 Å². The van der Waals surface area contributed by atoms with Crippen LogP contribution >= 0.6 is 12.4 Å². The van der Waals surface area contributed by atoms with Gasteiger partial charge in [-0.1, -0.05) is 18.2 Å². The molecule has 3 rings (SSSR count). The minimum Gasteiger partial charge on any atom is -0.293 e. The van der Waals surface area contributed by atoms with E-state index in [-0.39, 0.29) is 12.4 Å². The molecule has 1 aromatic carbocycles. The first-order valence-electron chi connectivity index (χ1n) is 4.37. The van der Waals surface area contributed by atoms with Gasteiger partial charge in [0.05, 0.1) is 18.3 Å². The lowest BCUT2D eigenvalue weighted by atomic mass is 10.2. The van der Waals surface area contributed by atoms with Gasteiger partial charge in [-0.15, -0.1) is 12.4 Å². The zero-order valence-corrected chi connectivity index (χ0v) is 8.31. The molecule has 0 radical (unpaired) electrons. The van der Waals surface area contributed by atoms with Crippen molar-refractivity contribution in [2.45, 2.75) is 6.04 Å². The smallest absolute Gasteiger partial charge is 0.107 e. The normalized spacial score (nSPS) is 19.0. The summed E-state index contributed by atoms with van der Waals surface area (Å²) in [7, 11) is 0. The maximum absolute atomic E-state index is 4.34. The molecular formula is C10H10ClN3. The third-order valence-corrected chi connectivity index (χ3v) is 2.39. The fourth-order valence-electron chi connectivity index (χ4n) is 1.60. The Labute approximate surface area is 87.9 Å². The van der Waals surface area contributed by atoms with Crippen LogP contribution in [0.15, 0.2) is 35.5 Å². The Morgan fingerprint density at radius 1 is 1.29 bits per heavy atom. The zero-order valence-electron chi connectivity index (χ0n) is 7.50. The van der Waals surface area contributed by atoms with E-state index >= 15 is 0 Å². The van der Waals surface area contributed by atoms with Crippen molar-refractivity contribution >= 4 is 29.5 Å². The van der Waals surface area contributed by atoms with Gasteiger partial charge in [0, 0.05) is 11.6 Å². The maximum atomic E-state index is 4.34. The number of rotatable bonds is 1. The largest absolute Gasteiger partial charge is 0.293 e. The molecule has 0 fully saturated rings. The minimum atomic E-state index is 0. The number of hydrogen-bond acceptors (Lipinski definition) is 2.